The van der Waals surface area contributed by atoms with Crippen molar-refractivity contribution in [2.75, 3.05) is 7.11 Å². The number of ether oxygens (including phenoxy) is 1. The van der Waals surface area contributed by atoms with Gasteiger partial charge in [0.1, 0.15) is 11.6 Å². The Morgan fingerprint density at radius 2 is 2.29 bits per heavy atom. The lowest BCUT2D eigenvalue weighted by Gasteiger charge is -2.17. The molecule has 21 heavy (non-hydrogen) atoms. The standard InChI is InChI=1S/C15H18FN3O2/c1-9(14-11(16)4-3-5-12(14)20-2)17-8-13-18-15(21-19-13)10-6-7-10/h3-5,9-10,17H,6-8H2,1-2H3. The SMILES string of the molecule is COc1cccc(F)c1C(C)NCc1noc(C2CC2)n1. The van der Waals surface area contributed by atoms with Crippen LogP contribution in [0.4, 0.5) is 4.39 Å². The molecule has 0 bridgehead atoms. The summed E-state index contributed by atoms with van der Waals surface area (Å²) in [5, 5.41) is 7.13. The predicted octanol–water partition coefficient (Wildman–Crippen LogP) is 2.95. The molecule has 1 atom stereocenters. The molecule has 112 valence electrons. The number of benzene rings is 1. The van der Waals surface area contributed by atoms with Gasteiger partial charge in [0.05, 0.1) is 13.7 Å². The van der Waals surface area contributed by atoms with Crippen molar-refractivity contribution in [2.45, 2.75) is 38.3 Å². The molecule has 1 aromatic carbocycles. The molecule has 1 fully saturated rings. The average molecular weight is 291 g/mol. The first-order chi connectivity index (χ1) is 10.2. The van der Waals surface area contributed by atoms with Crippen molar-refractivity contribution in [3.8, 4) is 5.75 Å². The predicted molar refractivity (Wildman–Crippen MR) is 74.5 cm³/mol. The smallest absolute Gasteiger partial charge is 0.229 e. The summed E-state index contributed by atoms with van der Waals surface area (Å²) in [4.78, 5) is 4.34. The molecule has 5 nitrogen and oxygen atoms in total. The first kappa shape index (κ1) is 14.0. The fourth-order valence-corrected chi connectivity index (χ4v) is 2.30. The molecule has 1 heterocycles. The molecule has 6 heteroatoms. The average Bonchev–Trinajstić information content (AvgIpc) is 3.23. The molecule has 2 aromatic rings. The van der Waals surface area contributed by atoms with Crippen LogP contribution in [0.1, 0.15) is 49.0 Å². The van der Waals surface area contributed by atoms with Crippen LogP contribution < -0.4 is 10.1 Å². The number of nitrogens with zero attached hydrogens (tertiary/aromatic N) is 2. The third-order valence-electron chi connectivity index (χ3n) is 3.64. The monoisotopic (exact) mass is 291 g/mol. The maximum atomic E-state index is 14.0. The Bertz CT molecular complexity index is 625. The van der Waals surface area contributed by atoms with Crippen molar-refractivity contribution in [3.05, 3.63) is 41.3 Å². The minimum absolute atomic E-state index is 0.218. The van der Waals surface area contributed by atoms with Gasteiger partial charge in [0.25, 0.3) is 0 Å². The van der Waals surface area contributed by atoms with E-state index >= 15 is 0 Å². The zero-order chi connectivity index (χ0) is 14.8. The van der Waals surface area contributed by atoms with Crippen molar-refractivity contribution in [3.63, 3.8) is 0 Å². The van der Waals surface area contributed by atoms with E-state index in [-0.39, 0.29) is 11.9 Å². The highest BCUT2D eigenvalue weighted by molar-refractivity contribution is 5.36. The van der Waals surface area contributed by atoms with Crippen LogP contribution in [0.25, 0.3) is 0 Å². The molecule has 1 unspecified atom stereocenters. The molecule has 0 spiro atoms. The second kappa shape index (κ2) is 5.81. The minimum atomic E-state index is -0.291. The van der Waals surface area contributed by atoms with E-state index in [0.717, 1.165) is 12.8 Å². The van der Waals surface area contributed by atoms with Crippen molar-refractivity contribution in [1.29, 1.82) is 0 Å². The van der Waals surface area contributed by atoms with Crippen LogP contribution in [-0.4, -0.2) is 17.3 Å². The minimum Gasteiger partial charge on any atom is -0.496 e. The van der Waals surface area contributed by atoms with Crippen molar-refractivity contribution in [2.24, 2.45) is 0 Å². The Balaban J connectivity index is 1.66. The van der Waals surface area contributed by atoms with Crippen LogP contribution in [0.5, 0.6) is 5.75 Å². The molecule has 0 radical (unpaired) electrons. The van der Waals surface area contributed by atoms with E-state index in [1.54, 1.807) is 12.1 Å². The Morgan fingerprint density at radius 3 is 3.00 bits per heavy atom. The van der Waals surface area contributed by atoms with Crippen molar-refractivity contribution in [1.82, 2.24) is 15.5 Å². The largest absolute Gasteiger partial charge is 0.496 e. The second-order valence-corrected chi connectivity index (χ2v) is 5.28. The molecular weight excluding hydrogens is 273 g/mol. The molecule has 3 rings (SSSR count). The quantitative estimate of drug-likeness (QED) is 0.886. The fraction of sp³-hybridized carbons (Fsp3) is 0.467. The third-order valence-corrected chi connectivity index (χ3v) is 3.64. The van der Waals surface area contributed by atoms with Gasteiger partial charge in [-0.3, -0.25) is 0 Å². The normalized spacial score (nSPS) is 16.0. The Hall–Kier alpha value is -1.95. The van der Waals surface area contributed by atoms with Gasteiger partial charge in [-0.15, -0.1) is 0 Å². The number of nitrogens with one attached hydrogen (secondary N) is 1. The Morgan fingerprint density at radius 1 is 1.48 bits per heavy atom. The zero-order valence-electron chi connectivity index (χ0n) is 12.1. The van der Waals surface area contributed by atoms with E-state index in [0.29, 0.717) is 35.5 Å². The van der Waals surface area contributed by atoms with E-state index in [9.17, 15) is 4.39 Å². The maximum Gasteiger partial charge on any atom is 0.229 e. The Labute approximate surface area is 122 Å². The van der Waals surface area contributed by atoms with Gasteiger partial charge in [0, 0.05) is 17.5 Å². The molecule has 1 saturated carbocycles. The zero-order valence-corrected chi connectivity index (χ0v) is 12.1. The van der Waals surface area contributed by atoms with Gasteiger partial charge in [0.2, 0.25) is 5.89 Å². The van der Waals surface area contributed by atoms with Gasteiger partial charge < -0.3 is 14.6 Å². The molecule has 1 aliphatic carbocycles. The van der Waals surface area contributed by atoms with E-state index < -0.39 is 0 Å². The highest BCUT2D eigenvalue weighted by Crippen LogP contribution is 2.38. The van der Waals surface area contributed by atoms with E-state index in [2.05, 4.69) is 15.5 Å². The summed E-state index contributed by atoms with van der Waals surface area (Å²) in [6.45, 7) is 2.30. The van der Waals surface area contributed by atoms with Crippen LogP contribution in [0.3, 0.4) is 0 Å². The van der Waals surface area contributed by atoms with Gasteiger partial charge in [-0.1, -0.05) is 11.2 Å². The summed E-state index contributed by atoms with van der Waals surface area (Å²) < 4.78 is 24.4. The number of rotatable bonds is 6. The highest BCUT2D eigenvalue weighted by atomic mass is 19.1. The molecular formula is C15H18FN3O2. The van der Waals surface area contributed by atoms with Gasteiger partial charge in [-0.05, 0) is 31.9 Å². The van der Waals surface area contributed by atoms with Crippen LogP contribution in [0.2, 0.25) is 0 Å². The van der Waals surface area contributed by atoms with Crippen LogP contribution in [0, 0.1) is 5.82 Å². The summed E-state index contributed by atoms with van der Waals surface area (Å²) in [7, 11) is 1.53. The first-order valence-electron chi connectivity index (χ1n) is 7.07. The summed E-state index contributed by atoms with van der Waals surface area (Å²) in [5.41, 5.74) is 0.505. The maximum absolute atomic E-state index is 14.0. The summed E-state index contributed by atoms with van der Waals surface area (Å²) in [6, 6.07) is 4.58. The van der Waals surface area contributed by atoms with E-state index in [4.69, 9.17) is 9.26 Å². The molecule has 0 aliphatic heterocycles. The molecule has 1 aromatic heterocycles. The molecule has 1 aliphatic rings. The van der Waals surface area contributed by atoms with Crippen LogP contribution >= 0.6 is 0 Å². The second-order valence-electron chi connectivity index (χ2n) is 5.28. The lowest BCUT2D eigenvalue weighted by Crippen LogP contribution is -2.20. The number of hydrogen-bond donors (Lipinski definition) is 1. The number of methoxy groups -OCH3 is 1. The highest BCUT2D eigenvalue weighted by Gasteiger charge is 2.29. The topological polar surface area (TPSA) is 60.2 Å². The number of halogens is 1. The van der Waals surface area contributed by atoms with Gasteiger partial charge in [-0.2, -0.15) is 4.98 Å². The van der Waals surface area contributed by atoms with Crippen molar-refractivity contribution < 1.29 is 13.7 Å². The summed E-state index contributed by atoms with van der Waals surface area (Å²) in [6.07, 6.45) is 2.25. The van der Waals surface area contributed by atoms with Crippen LogP contribution in [-0.2, 0) is 6.54 Å². The lowest BCUT2D eigenvalue weighted by molar-refractivity contribution is 0.369. The van der Waals surface area contributed by atoms with Crippen molar-refractivity contribution >= 4 is 0 Å². The molecule has 0 amide bonds. The van der Waals surface area contributed by atoms with Gasteiger partial charge in [0.15, 0.2) is 5.82 Å². The fourth-order valence-electron chi connectivity index (χ4n) is 2.30. The van der Waals surface area contributed by atoms with E-state index in [1.807, 2.05) is 6.92 Å². The first-order valence-corrected chi connectivity index (χ1v) is 7.07. The van der Waals surface area contributed by atoms with E-state index in [1.165, 1.54) is 13.2 Å². The summed E-state index contributed by atoms with van der Waals surface area (Å²) >= 11 is 0. The van der Waals surface area contributed by atoms with Gasteiger partial charge in [-0.25, -0.2) is 4.39 Å². The molecule has 0 saturated heterocycles. The Kier molecular flexibility index (Phi) is 3.88. The van der Waals surface area contributed by atoms with Crippen LogP contribution in [0.15, 0.2) is 22.7 Å². The lowest BCUT2D eigenvalue weighted by atomic mass is 10.1. The summed E-state index contributed by atoms with van der Waals surface area (Å²) in [5.74, 6) is 1.99. The third kappa shape index (κ3) is 3.05. The molecule has 1 N–H and O–H groups in total. The number of aromatic nitrogens is 2. The van der Waals surface area contributed by atoms with Gasteiger partial charge >= 0.3 is 0 Å². The number of hydrogen-bond acceptors (Lipinski definition) is 5.